The first-order chi connectivity index (χ1) is 11.0. The molecular formula is C18H27N3O2. The first-order valence-corrected chi connectivity index (χ1v) is 8.36. The summed E-state index contributed by atoms with van der Waals surface area (Å²) in [4.78, 5) is 30.2. The van der Waals surface area contributed by atoms with Crippen LogP contribution in [0.5, 0.6) is 0 Å². The van der Waals surface area contributed by atoms with Crippen molar-refractivity contribution in [3.8, 4) is 0 Å². The van der Waals surface area contributed by atoms with E-state index in [2.05, 4.69) is 11.8 Å². The lowest BCUT2D eigenvalue weighted by atomic mass is 10.2. The van der Waals surface area contributed by atoms with Crippen molar-refractivity contribution in [3.63, 3.8) is 0 Å². The molecule has 1 aromatic carbocycles. The van der Waals surface area contributed by atoms with Gasteiger partial charge >= 0.3 is 0 Å². The zero-order chi connectivity index (χ0) is 16.8. The fraction of sp³-hybridized carbons (Fsp3) is 0.556. The van der Waals surface area contributed by atoms with Gasteiger partial charge in [-0.25, -0.2) is 0 Å². The minimum atomic E-state index is -0.0301. The molecule has 126 valence electrons. The number of carbonyl (C=O) groups excluding carboxylic acids is 2. The molecule has 1 aliphatic heterocycles. The summed E-state index contributed by atoms with van der Waals surface area (Å²) in [6.07, 6.45) is 0.375. The average molecular weight is 317 g/mol. The summed E-state index contributed by atoms with van der Waals surface area (Å²) in [6.45, 7) is 10.6. The highest BCUT2D eigenvalue weighted by Crippen LogP contribution is 2.16. The van der Waals surface area contributed by atoms with Gasteiger partial charge in [-0.3, -0.25) is 9.59 Å². The Morgan fingerprint density at radius 3 is 2.22 bits per heavy atom. The van der Waals surface area contributed by atoms with Crippen LogP contribution in [0.2, 0.25) is 0 Å². The Morgan fingerprint density at radius 2 is 1.70 bits per heavy atom. The van der Waals surface area contributed by atoms with Crippen molar-refractivity contribution in [2.75, 3.05) is 44.2 Å². The van der Waals surface area contributed by atoms with E-state index in [-0.39, 0.29) is 11.8 Å². The second kappa shape index (κ2) is 8.11. The summed E-state index contributed by atoms with van der Waals surface area (Å²) in [5.74, 6) is 0.108. The number of piperazine rings is 1. The monoisotopic (exact) mass is 317 g/mol. The van der Waals surface area contributed by atoms with Crippen molar-refractivity contribution in [2.45, 2.75) is 27.2 Å². The summed E-state index contributed by atoms with van der Waals surface area (Å²) in [5.41, 5.74) is 2.01. The van der Waals surface area contributed by atoms with E-state index in [1.165, 1.54) is 0 Å². The van der Waals surface area contributed by atoms with E-state index in [9.17, 15) is 9.59 Å². The van der Waals surface area contributed by atoms with Crippen LogP contribution >= 0.6 is 0 Å². The molecule has 1 fully saturated rings. The van der Waals surface area contributed by atoms with Gasteiger partial charge in [-0.2, -0.15) is 0 Å². The van der Waals surface area contributed by atoms with Crippen LogP contribution in [0.25, 0.3) is 0 Å². The smallest absolute Gasteiger partial charge is 0.224 e. The molecule has 0 bridgehead atoms. The Labute approximate surface area is 138 Å². The fourth-order valence-corrected chi connectivity index (χ4v) is 2.87. The van der Waals surface area contributed by atoms with Crippen LogP contribution in [0, 0.1) is 6.92 Å². The van der Waals surface area contributed by atoms with Crippen molar-refractivity contribution in [1.82, 2.24) is 9.80 Å². The Balaban J connectivity index is 1.90. The van der Waals surface area contributed by atoms with Gasteiger partial charge in [0, 0.05) is 51.8 Å². The molecule has 0 saturated carbocycles. The first-order valence-electron chi connectivity index (χ1n) is 8.36. The predicted octanol–water partition coefficient (Wildman–Crippen LogP) is 1.90. The Hall–Kier alpha value is -1.88. The maximum absolute atomic E-state index is 12.4. The van der Waals surface area contributed by atoms with Crippen molar-refractivity contribution in [1.29, 1.82) is 0 Å². The van der Waals surface area contributed by atoms with E-state index in [0.29, 0.717) is 13.0 Å². The topological polar surface area (TPSA) is 43.9 Å². The lowest BCUT2D eigenvalue weighted by Crippen LogP contribution is -2.49. The highest BCUT2D eigenvalue weighted by Gasteiger charge is 2.21. The quantitative estimate of drug-likeness (QED) is 0.833. The van der Waals surface area contributed by atoms with Gasteiger partial charge in [-0.05, 0) is 25.6 Å². The molecule has 5 nitrogen and oxygen atoms in total. The van der Waals surface area contributed by atoms with Gasteiger partial charge in [-0.15, -0.1) is 0 Å². The Kier molecular flexibility index (Phi) is 6.16. The molecule has 0 radical (unpaired) electrons. The molecule has 1 heterocycles. The summed E-state index contributed by atoms with van der Waals surface area (Å²) in [6, 6.07) is 7.83. The van der Waals surface area contributed by atoms with E-state index in [0.717, 1.165) is 44.0 Å². The van der Waals surface area contributed by atoms with E-state index < -0.39 is 0 Å². The third-order valence-electron chi connectivity index (χ3n) is 4.45. The maximum Gasteiger partial charge on any atom is 0.224 e. The normalized spacial score (nSPS) is 15.5. The molecule has 0 aromatic heterocycles. The van der Waals surface area contributed by atoms with Gasteiger partial charge in [0.25, 0.3) is 0 Å². The Bertz CT molecular complexity index is 534. The third kappa shape index (κ3) is 4.79. The van der Waals surface area contributed by atoms with Gasteiger partial charge in [0.2, 0.25) is 11.8 Å². The van der Waals surface area contributed by atoms with E-state index in [1.54, 1.807) is 11.8 Å². The summed E-state index contributed by atoms with van der Waals surface area (Å²) < 4.78 is 0. The number of anilines is 1. The number of carbonyl (C=O) groups is 2. The summed E-state index contributed by atoms with van der Waals surface area (Å²) in [5, 5.41) is 0. The lowest BCUT2D eigenvalue weighted by molar-refractivity contribution is -0.132. The fourth-order valence-electron chi connectivity index (χ4n) is 2.87. The molecule has 0 N–H and O–H groups in total. The van der Waals surface area contributed by atoms with Crippen molar-refractivity contribution in [2.24, 2.45) is 0 Å². The van der Waals surface area contributed by atoms with E-state index >= 15 is 0 Å². The van der Waals surface area contributed by atoms with Crippen LogP contribution in [0.15, 0.2) is 24.3 Å². The predicted molar refractivity (Wildman–Crippen MR) is 92.5 cm³/mol. The number of hydrogen-bond acceptors (Lipinski definition) is 3. The van der Waals surface area contributed by atoms with Gasteiger partial charge in [0.05, 0.1) is 0 Å². The standard InChI is InChI=1S/C18H27N3O2/c1-4-19-11-13-20(14-12-19)18(23)9-10-21(16(3)22)17-7-5-15(2)6-8-17/h5-8H,4,9-14H2,1-3H3. The molecular weight excluding hydrogens is 290 g/mol. The largest absolute Gasteiger partial charge is 0.340 e. The average Bonchev–Trinajstić information content (AvgIpc) is 2.56. The SMILES string of the molecule is CCN1CCN(C(=O)CCN(C(C)=O)c2ccc(C)cc2)CC1. The van der Waals surface area contributed by atoms with Crippen LogP contribution in [0.4, 0.5) is 5.69 Å². The van der Waals surface area contributed by atoms with E-state index in [1.807, 2.05) is 36.1 Å². The maximum atomic E-state index is 12.4. The van der Waals surface area contributed by atoms with Crippen LogP contribution in [-0.4, -0.2) is 60.9 Å². The molecule has 1 saturated heterocycles. The van der Waals surface area contributed by atoms with E-state index in [4.69, 9.17) is 0 Å². The van der Waals surface area contributed by atoms with Crippen LogP contribution in [0.1, 0.15) is 25.8 Å². The van der Waals surface area contributed by atoms with Gasteiger partial charge in [0.15, 0.2) is 0 Å². The van der Waals surface area contributed by atoms with Crippen LogP contribution in [0.3, 0.4) is 0 Å². The molecule has 2 rings (SSSR count). The van der Waals surface area contributed by atoms with Crippen LogP contribution in [-0.2, 0) is 9.59 Å². The zero-order valence-electron chi connectivity index (χ0n) is 14.4. The first kappa shape index (κ1) is 17.5. The second-order valence-corrected chi connectivity index (χ2v) is 6.07. The summed E-state index contributed by atoms with van der Waals surface area (Å²) >= 11 is 0. The molecule has 5 heteroatoms. The summed E-state index contributed by atoms with van der Waals surface area (Å²) in [7, 11) is 0. The van der Waals surface area contributed by atoms with Gasteiger partial charge in [0.1, 0.15) is 0 Å². The molecule has 1 aliphatic rings. The van der Waals surface area contributed by atoms with Gasteiger partial charge < -0.3 is 14.7 Å². The third-order valence-corrected chi connectivity index (χ3v) is 4.45. The number of nitrogens with zero attached hydrogens (tertiary/aromatic N) is 3. The van der Waals surface area contributed by atoms with Crippen molar-refractivity contribution < 1.29 is 9.59 Å². The second-order valence-electron chi connectivity index (χ2n) is 6.07. The molecule has 0 aliphatic carbocycles. The number of aryl methyl sites for hydroxylation is 1. The van der Waals surface area contributed by atoms with Crippen LogP contribution < -0.4 is 4.90 Å². The number of likely N-dealkylation sites (N-methyl/N-ethyl adjacent to an activating group) is 1. The molecule has 0 unspecified atom stereocenters. The highest BCUT2D eigenvalue weighted by molar-refractivity contribution is 5.92. The number of hydrogen-bond donors (Lipinski definition) is 0. The van der Waals surface area contributed by atoms with Crippen molar-refractivity contribution in [3.05, 3.63) is 29.8 Å². The highest BCUT2D eigenvalue weighted by atomic mass is 16.2. The molecule has 0 atom stereocenters. The number of benzene rings is 1. The molecule has 1 aromatic rings. The zero-order valence-corrected chi connectivity index (χ0v) is 14.4. The number of amides is 2. The lowest BCUT2D eigenvalue weighted by Gasteiger charge is -2.34. The van der Waals surface area contributed by atoms with Gasteiger partial charge in [-0.1, -0.05) is 24.6 Å². The minimum Gasteiger partial charge on any atom is -0.340 e. The van der Waals surface area contributed by atoms with Crippen molar-refractivity contribution >= 4 is 17.5 Å². The molecule has 0 spiro atoms. The molecule has 2 amide bonds. The molecule has 23 heavy (non-hydrogen) atoms. The Morgan fingerprint density at radius 1 is 1.09 bits per heavy atom. The number of rotatable bonds is 5. The minimum absolute atomic E-state index is 0.0301.